The summed E-state index contributed by atoms with van der Waals surface area (Å²) < 4.78 is 27.3. The number of anilines is 1. The van der Waals surface area contributed by atoms with Crippen molar-refractivity contribution in [2.75, 3.05) is 44.6 Å². The molecule has 2 fully saturated rings. The SMILES string of the molecule is CCN1CCN(S(=O)(=O)c2cccc(NC(=O)[C@H]3CCCCN3)c2)CC1. The molecule has 2 aliphatic heterocycles. The number of hydrogen-bond donors (Lipinski definition) is 2. The minimum atomic E-state index is -3.54. The Kier molecular flexibility index (Phi) is 6.29. The Morgan fingerprint density at radius 1 is 1.23 bits per heavy atom. The van der Waals surface area contributed by atoms with E-state index in [9.17, 15) is 13.2 Å². The van der Waals surface area contributed by atoms with Gasteiger partial charge in [-0.05, 0) is 44.1 Å². The van der Waals surface area contributed by atoms with E-state index in [1.165, 1.54) is 4.31 Å². The van der Waals surface area contributed by atoms with Crippen LogP contribution in [-0.4, -0.2) is 68.8 Å². The van der Waals surface area contributed by atoms with Gasteiger partial charge in [-0.15, -0.1) is 0 Å². The zero-order valence-electron chi connectivity index (χ0n) is 15.3. The van der Waals surface area contributed by atoms with Crippen molar-refractivity contribution in [1.82, 2.24) is 14.5 Å². The Morgan fingerprint density at radius 3 is 2.65 bits per heavy atom. The average molecular weight is 381 g/mol. The molecule has 0 aliphatic carbocycles. The summed E-state index contributed by atoms with van der Waals surface area (Å²) in [5, 5.41) is 6.05. The molecule has 0 unspecified atom stereocenters. The Balaban J connectivity index is 1.69. The van der Waals surface area contributed by atoms with Gasteiger partial charge in [-0.1, -0.05) is 19.4 Å². The van der Waals surface area contributed by atoms with Crippen LogP contribution in [0.1, 0.15) is 26.2 Å². The molecule has 8 heteroatoms. The minimum Gasteiger partial charge on any atom is -0.325 e. The zero-order chi connectivity index (χ0) is 18.6. The van der Waals surface area contributed by atoms with Crippen molar-refractivity contribution < 1.29 is 13.2 Å². The molecule has 7 nitrogen and oxygen atoms in total. The fourth-order valence-electron chi connectivity index (χ4n) is 3.47. The third-order valence-corrected chi connectivity index (χ3v) is 7.04. The lowest BCUT2D eigenvalue weighted by Gasteiger charge is -2.33. The molecule has 0 saturated carbocycles. The molecule has 1 atom stereocenters. The lowest BCUT2D eigenvalue weighted by Crippen LogP contribution is -2.48. The first-order valence-electron chi connectivity index (χ1n) is 9.37. The van der Waals surface area contributed by atoms with E-state index < -0.39 is 10.0 Å². The van der Waals surface area contributed by atoms with Crippen molar-refractivity contribution in [2.45, 2.75) is 37.1 Å². The number of nitrogens with one attached hydrogen (secondary N) is 2. The van der Waals surface area contributed by atoms with Crippen LogP contribution in [0.25, 0.3) is 0 Å². The van der Waals surface area contributed by atoms with Gasteiger partial charge in [0, 0.05) is 31.9 Å². The second-order valence-electron chi connectivity index (χ2n) is 6.86. The number of benzene rings is 1. The van der Waals surface area contributed by atoms with Gasteiger partial charge in [-0.3, -0.25) is 4.79 Å². The van der Waals surface area contributed by atoms with Crippen LogP contribution in [0.3, 0.4) is 0 Å². The Labute approximate surface area is 155 Å². The van der Waals surface area contributed by atoms with E-state index in [1.54, 1.807) is 24.3 Å². The summed E-state index contributed by atoms with van der Waals surface area (Å²) >= 11 is 0. The number of rotatable bonds is 5. The molecule has 0 bridgehead atoms. The van der Waals surface area contributed by atoms with Crippen LogP contribution in [0.5, 0.6) is 0 Å². The molecule has 144 valence electrons. The quantitative estimate of drug-likeness (QED) is 0.799. The molecule has 2 aliphatic rings. The molecular formula is C18H28N4O3S. The highest BCUT2D eigenvalue weighted by molar-refractivity contribution is 7.89. The highest BCUT2D eigenvalue weighted by atomic mass is 32.2. The fourth-order valence-corrected chi connectivity index (χ4v) is 4.94. The van der Waals surface area contributed by atoms with E-state index in [0.29, 0.717) is 18.8 Å². The van der Waals surface area contributed by atoms with Crippen molar-refractivity contribution in [2.24, 2.45) is 0 Å². The smallest absolute Gasteiger partial charge is 0.243 e. The van der Waals surface area contributed by atoms with Crippen molar-refractivity contribution in [3.63, 3.8) is 0 Å². The van der Waals surface area contributed by atoms with Gasteiger partial charge in [0.1, 0.15) is 0 Å². The molecule has 3 rings (SSSR count). The topological polar surface area (TPSA) is 81.8 Å². The predicted octanol–water partition coefficient (Wildman–Crippen LogP) is 1.09. The molecule has 1 aromatic carbocycles. The van der Waals surface area contributed by atoms with Crippen LogP contribution >= 0.6 is 0 Å². The molecular weight excluding hydrogens is 352 g/mol. The van der Waals surface area contributed by atoms with E-state index in [-0.39, 0.29) is 16.8 Å². The van der Waals surface area contributed by atoms with Gasteiger partial charge in [0.05, 0.1) is 10.9 Å². The molecule has 2 N–H and O–H groups in total. The molecule has 1 amide bonds. The predicted molar refractivity (Wildman–Crippen MR) is 102 cm³/mol. The largest absolute Gasteiger partial charge is 0.325 e. The molecule has 0 spiro atoms. The van der Waals surface area contributed by atoms with Gasteiger partial charge in [0.25, 0.3) is 0 Å². The third kappa shape index (κ3) is 4.43. The summed E-state index contributed by atoms with van der Waals surface area (Å²) in [6.45, 7) is 6.36. The van der Waals surface area contributed by atoms with Gasteiger partial charge in [-0.25, -0.2) is 8.42 Å². The fraction of sp³-hybridized carbons (Fsp3) is 0.611. The molecule has 2 heterocycles. The van der Waals surface area contributed by atoms with Crippen LogP contribution in [0.4, 0.5) is 5.69 Å². The number of amides is 1. The van der Waals surface area contributed by atoms with E-state index >= 15 is 0 Å². The summed E-state index contributed by atoms with van der Waals surface area (Å²) in [6.07, 6.45) is 2.93. The van der Waals surface area contributed by atoms with E-state index in [1.807, 2.05) is 0 Å². The van der Waals surface area contributed by atoms with Crippen LogP contribution in [0.2, 0.25) is 0 Å². The van der Waals surface area contributed by atoms with Crippen LogP contribution in [0, 0.1) is 0 Å². The van der Waals surface area contributed by atoms with E-state index in [4.69, 9.17) is 0 Å². The summed E-state index contributed by atoms with van der Waals surface area (Å²) in [7, 11) is -3.54. The lowest BCUT2D eigenvalue weighted by molar-refractivity contribution is -0.118. The number of carbonyl (C=O) groups is 1. The van der Waals surface area contributed by atoms with Crippen molar-refractivity contribution in [1.29, 1.82) is 0 Å². The monoisotopic (exact) mass is 380 g/mol. The molecule has 0 radical (unpaired) electrons. The Bertz CT molecular complexity index is 724. The number of likely N-dealkylation sites (N-methyl/N-ethyl adjacent to an activating group) is 1. The molecule has 2 saturated heterocycles. The number of piperazine rings is 1. The maximum absolute atomic E-state index is 12.9. The lowest BCUT2D eigenvalue weighted by atomic mass is 10.0. The van der Waals surface area contributed by atoms with Gasteiger partial charge < -0.3 is 15.5 Å². The zero-order valence-corrected chi connectivity index (χ0v) is 16.1. The van der Waals surface area contributed by atoms with E-state index in [2.05, 4.69) is 22.5 Å². The normalized spacial score (nSPS) is 22.9. The summed E-state index contributed by atoms with van der Waals surface area (Å²) in [4.78, 5) is 14.8. The number of piperidine rings is 1. The number of sulfonamides is 1. The summed E-state index contributed by atoms with van der Waals surface area (Å²) in [5.74, 6) is -0.101. The van der Waals surface area contributed by atoms with Gasteiger partial charge in [0.2, 0.25) is 15.9 Å². The second-order valence-corrected chi connectivity index (χ2v) is 8.80. The number of hydrogen-bond acceptors (Lipinski definition) is 5. The van der Waals surface area contributed by atoms with Gasteiger partial charge in [-0.2, -0.15) is 4.31 Å². The molecule has 0 aromatic heterocycles. The van der Waals surface area contributed by atoms with Crippen LogP contribution in [-0.2, 0) is 14.8 Å². The Morgan fingerprint density at radius 2 is 2.00 bits per heavy atom. The van der Waals surface area contributed by atoms with Crippen LogP contribution in [0.15, 0.2) is 29.2 Å². The first kappa shape index (κ1) is 19.3. The Hall–Kier alpha value is -1.48. The van der Waals surface area contributed by atoms with Gasteiger partial charge >= 0.3 is 0 Å². The summed E-state index contributed by atoms with van der Waals surface area (Å²) in [5.41, 5.74) is 0.524. The maximum Gasteiger partial charge on any atom is 0.243 e. The molecule has 26 heavy (non-hydrogen) atoms. The summed E-state index contributed by atoms with van der Waals surface area (Å²) in [6, 6.07) is 6.36. The molecule has 1 aromatic rings. The first-order valence-corrected chi connectivity index (χ1v) is 10.8. The second kappa shape index (κ2) is 8.47. The number of carbonyl (C=O) groups excluding carboxylic acids is 1. The minimum absolute atomic E-state index is 0.101. The first-order chi connectivity index (χ1) is 12.5. The van der Waals surface area contributed by atoms with Crippen molar-refractivity contribution in [3.05, 3.63) is 24.3 Å². The standard InChI is InChI=1S/C18H28N4O3S/c1-2-21-10-12-22(13-11-21)26(24,25)16-7-5-6-15(14-16)20-18(23)17-8-3-4-9-19-17/h5-7,14,17,19H,2-4,8-13H2,1H3,(H,20,23)/t17-/m1/s1. The average Bonchev–Trinajstić information content (AvgIpc) is 2.69. The van der Waals surface area contributed by atoms with E-state index in [0.717, 1.165) is 45.4 Å². The van der Waals surface area contributed by atoms with Crippen LogP contribution < -0.4 is 10.6 Å². The van der Waals surface area contributed by atoms with Crippen molar-refractivity contribution >= 4 is 21.6 Å². The third-order valence-electron chi connectivity index (χ3n) is 5.14. The highest BCUT2D eigenvalue weighted by Crippen LogP contribution is 2.21. The maximum atomic E-state index is 12.9. The number of nitrogens with zero attached hydrogens (tertiary/aromatic N) is 2. The highest BCUT2D eigenvalue weighted by Gasteiger charge is 2.28. The van der Waals surface area contributed by atoms with Gasteiger partial charge in [0.15, 0.2) is 0 Å². The van der Waals surface area contributed by atoms with Crippen molar-refractivity contribution in [3.8, 4) is 0 Å².